The van der Waals surface area contributed by atoms with E-state index in [0.717, 1.165) is 0 Å². The molecule has 0 aliphatic heterocycles. The number of aromatic nitrogens is 4. The molecule has 0 bridgehead atoms. The molecule has 0 atom stereocenters. The number of carbonyl (C=O) groups is 3. The molecule has 10 nitrogen and oxygen atoms in total. The third-order valence-corrected chi connectivity index (χ3v) is 3.16. The fourth-order valence-corrected chi connectivity index (χ4v) is 2.07. The van der Waals surface area contributed by atoms with Gasteiger partial charge in [0, 0.05) is 25.0 Å². The fraction of sp³-hybridized carbons (Fsp3) is 0.400. The molecule has 2 rings (SSSR count). The molecule has 0 unspecified atom stereocenters. The molecule has 0 saturated heterocycles. The monoisotopic (exact) mass is 348 g/mol. The Morgan fingerprint density at radius 2 is 1.96 bits per heavy atom. The van der Waals surface area contributed by atoms with E-state index in [1.165, 1.54) is 16.9 Å². The van der Waals surface area contributed by atoms with Crippen LogP contribution in [0.25, 0.3) is 0 Å². The highest BCUT2D eigenvalue weighted by molar-refractivity contribution is 6.02. The van der Waals surface area contributed by atoms with Gasteiger partial charge in [0.2, 0.25) is 5.91 Å². The first kappa shape index (κ1) is 18.2. The molecule has 3 N–H and O–H groups in total. The summed E-state index contributed by atoms with van der Waals surface area (Å²) in [4.78, 5) is 35.2. The first-order valence-corrected chi connectivity index (χ1v) is 7.75. The van der Waals surface area contributed by atoms with Crippen molar-refractivity contribution in [3.8, 4) is 0 Å². The quantitative estimate of drug-likeness (QED) is 0.670. The SMILES string of the molecule is CCn1cc(NC(=O)Cn2ccc(C(=O)O)n2)c(C(=O)NC(C)C)n1. The first-order chi connectivity index (χ1) is 11.8. The number of nitrogens with zero attached hydrogens (tertiary/aromatic N) is 4. The molecule has 25 heavy (non-hydrogen) atoms. The van der Waals surface area contributed by atoms with Gasteiger partial charge in [-0.25, -0.2) is 4.79 Å². The second-order valence-electron chi connectivity index (χ2n) is 5.63. The van der Waals surface area contributed by atoms with Crippen molar-refractivity contribution in [1.82, 2.24) is 24.9 Å². The number of aromatic carboxylic acids is 1. The smallest absolute Gasteiger partial charge is 0.356 e. The van der Waals surface area contributed by atoms with E-state index in [-0.39, 0.29) is 35.6 Å². The first-order valence-electron chi connectivity index (χ1n) is 7.75. The van der Waals surface area contributed by atoms with Crippen molar-refractivity contribution in [3.63, 3.8) is 0 Å². The van der Waals surface area contributed by atoms with Gasteiger partial charge in [-0.05, 0) is 26.8 Å². The maximum atomic E-state index is 12.2. The van der Waals surface area contributed by atoms with Crippen molar-refractivity contribution in [2.45, 2.75) is 39.9 Å². The lowest BCUT2D eigenvalue weighted by Gasteiger charge is -2.08. The van der Waals surface area contributed by atoms with Gasteiger partial charge in [-0.3, -0.25) is 19.0 Å². The zero-order valence-electron chi connectivity index (χ0n) is 14.2. The lowest BCUT2D eigenvalue weighted by molar-refractivity contribution is -0.116. The normalized spacial score (nSPS) is 10.7. The van der Waals surface area contributed by atoms with Gasteiger partial charge in [0.15, 0.2) is 11.4 Å². The Morgan fingerprint density at radius 3 is 2.52 bits per heavy atom. The molecule has 134 valence electrons. The number of carboxylic acids is 1. The molecule has 2 amide bonds. The fourth-order valence-electron chi connectivity index (χ4n) is 2.07. The summed E-state index contributed by atoms with van der Waals surface area (Å²) < 4.78 is 2.75. The molecule has 2 heterocycles. The molecule has 0 fully saturated rings. The predicted octanol–water partition coefficient (Wildman–Crippen LogP) is 0.575. The Morgan fingerprint density at radius 1 is 1.24 bits per heavy atom. The summed E-state index contributed by atoms with van der Waals surface area (Å²) in [5.41, 5.74) is 0.259. The van der Waals surface area contributed by atoms with Crippen LogP contribution in [0.2, 0.25) is 0 Å². The minimum absolute atomic E-state index is 0.0682. The van der Waals surface area contributed by atoms with Crippen LogP contribution in [0.15, 0.2) is 18.5 Å². The Labute approximate surface area is 143 Å². The molecule has 2 aromatic rings. The highest BCUT2D eigenvalue weighted by Crippen LogP contribution is 2.14. The van der Waals surface area contributed by atoms with Gasteiger partial charge in [0.25, 0.3) is 5.91 Å². The van der Waals surface area contributed by atoms with Gasteiger partial charge in [-0.1, -0.05) is 0 Å². The average Bonchev–Trinajstić information content (AvgIpc) is 3.13. The van der Waals surface area contributed by atoms with Gasteiger partial charge in [0.1, 0.15) is 6.54 Å². The van der Waals surface area contributed by atoms with Crippen LogP contribution in [0.1, 0.15) is 41.7 Å². The number of nitrogens with one attached hydrogen (secondary N) is 2. The second-order valence-corrected chi connectivity index (χ2v) is 5.63. The van der Waals surface area contributed by atoms with Gasteiger partial charge in [0.05, 0.1) is 5.69 Å². The minimum Gasteiger partial charge on any atom is -0.476 e. The van der Waals surface area contributed by atoms with Crippen LogP contribution in [0.3, 0.4) is 0 Å². The summed E-state index contributed by atoms with van der Waals surface area (Å²) in [6.07, 6.45) is 2.96. The van der Waals surface area contributed by atoms with Crippen molar-refractivity contribution >= 4 is 23.5 Å². The maximum absolute atomic E-state index is 12.2. The summed E-state index contributed by atoms with van der Waals surface area (Å²) >= 11 is 0. The summed E-state index contributed by atoms with van der Waals surface area (Å²) in [7, 11) is 0. The van der Waals surface area contributed by atoms with Crippen LogP contribution in [0, 0.1) is 0 Å². The lowest BCUT2D eigenvalue weighted by atomic mass is 10.3. The summed E-state index contributed by atoms with van der Waals surface area (Å²) in [5.74, 6) is -2.00. The summed E-state index contributed by atoms with van der Waals surface area (Å²) in [6.45, 7) is 5.87. The van der Waals surface area contributed by atoms with Gasteiger partial charge < -0.3 is 15.7 Å². The van der Waals surface area contributed by atoms with E-state index in [1.807, 2.05) is 20.8 Å². The van der Waals surface area contributed by atoms with Gasteiger partial charge in [-0.2, -0.15) is 10.2 Å². The number of anilines is 1. The number of rotatable bonds is 7. The molecular weight excluding hydrogens is 328 g/mol. The van der Waals surface area contributed by atoms with Crippen molar-refractivity contribution in [3.05, 3.63) is 29.8 Å². The molecule has 0 aliphatic rings. The Balaban J connectivity index is 2.12. The molecule has 0 radical (unpaired) electrons. The van der Waals surface area contributed by atoms with Crippen molar-refractivity contribution < 1.29 is 19.5 Å². The topological polar surface area (TPSA) is 131 Å². The maximum Gasteiger partial charge on any atom is 0.356 e. The van der Waals surface area contributed by atoms with Crippen molar-refractivity contribution in [2.24, 2.45) is 0 Å². The zero-order chi connectivity index (χ0) is 18.6. The predicted molar refractivity (Wildman–Crippen MR) is 88.3 cm³/mol. The van der Waals surface area contributed by atoms with Crippen molar-refractivity contribution in [1.29, 1.82) is 0 Å². The van der Waals surface area contributed by atoms with Crippen LogP contribution in [0.4, 0.5) is 5.69 Å². The molecular formula is C15H20N6O4. The average molecular weight is 348 g/mol. The lowest BCUT2D eigenvalue weighted by Crippen LogP contribution is -2.31. The number of hydrogen-bond donors (Lipinski definition) is 3. The molecule has 10 heteroatoms. The van der Waals surface area contributed by atoms with E-state index in [2.05, 4.69) is 20.8 Å². The number of aryl methyl sites for hydroxylation is 1. The van der Waals surface area contributed by atoms with E-state index < -0.39 is 11.9 Å². The Bertz CT molecular complexity index is 792. The number of hydrogen-bond acceptors (Lipinski definition) is 5. The van der Waals surface area contributed by atoms with Gasteiger partial charge >= 0.3 is 5.97 Å². The second kappa shape index (κ2) is 7.60. The molecule has 0 aliphatic carbocycles. The highest BCUT2D eigenvalue weighted by Gasteiger charge is 2.19. The van der Waals surface area contributed by atoms with Crippen LogP contribution < -0.4 is 10.6 Å². The number of amides is 2. The Kier molecular flexibility index (Phi) is 5.52. The largest absolute Gasteiger partial charge is 0.476 e. The van der Waals surface area contributed by atoms with E-state index >= 15 is 0 Å². The van der Waals surface area contributed by atoms with E-state index in [1.54, 1.807) is 10.9 Å². The standard InChI is InChI=1S/C15H20N6O4/c1-4-20-7-11(13(19-20)14(23)16-9(2)3)17-12(22)8-21-6-5-10(18-21)15(24)25/h5-7,9H,4,8H2,1-3H3,(H,16,23)(H,17,22)(H,24,25). The van der Waals surface area contributed by atoms with E-state index in [0.29, 0.717) is 6.54 Å². The third-order valence-electron chi connectivity index (χ3n) is 3.16. The molecule has 2 aromatic heterocycles. The zero-order valence-corrected chi connectivity index (χ0v) is 14.2. The van der Waals surface area contributed by atoms with Gasteiger partial charge in [-0.15, -0.1) is 0 Å². The molecule has 0 spiro atoms. The van der Waals surface area contributed by atoms with Crippen LogP contribution in [-0.2, 0) is 17.9 Å². The third kappa shape index (κ3) is 4.66. The number of carboxylic acid groups (broad SMARTS) is 1. The number of carbonyl (C=O) groups excluding carboxylic acids is 2. The summed E-state index contributed by atoms with van der Waals surface area (Å²) in [6, 6.07) is 1.23. The summed E-state index contributed by atoms with van der Waals surface area (Å²) in [5, 5.41) is 22.1. The Hall–Kier alpha value is -3.17. The molecule has 0 saturated carbocycles. The van der Waals surface area contributed by atoms with E-state index in [4.69, 9.17) is 5.11 Å². The van der Waals surface area contributed by atoms with Crippen LogP contribution in [0.5, 0.6) is 0 Å². The molecule has 0 aromatic carbocycles. The van der Waals surface area contributed by atoms with Crippen LogP contribution >= 0.6 is 0 Å². The van der Waals surface area contributed by atoms with Crippen molar-refractivity contribution in [2.75, 3.05) is 5.32 Å². The highest BCUT2D eigenvalue weighted by atomic mass is 16.4. The van der Waals surface area contributed by atoms with E-state index in [9.17, 15) is 14.4 Å². The van der Waals surface area contributed by atoms with Crippen LogP contribution in [-0.4, -0.2) is 48.5 Å². The minimum atomic E-state index is -1.17.